The first-order valence-corrected chi connectivity index (χ1v) is 9.72. The van der Waals surface area contributed by atoms with Crippen LogP contribution in [0.25, 0.3) is 0 Å². The molecule has 0 aliphatic carbocycles. The zero-order chi connectivity index (χ0) is 21.6. The van der Waals surface area contributed by atoms with Crippen molar-refractivity contribution < 1.29 is 19.1 Å². The van der Waals surface area contributed by atoms with E-state index in [1.54, 1.807) is 33.1 Å². The smallest absolute Gasteiger partial charge is 0.243 e. The molecule has 0 aromatic heterocycles. The van der Waals surface area contributed by atoms with Crippen molar-refractivity contribution in [1.29, 1.82) is 10.5 Å². The number of ether oxygens (including phenoxy) is 2. The van der Waals surface area contributed by atoms with E-state index in [1.165, 1.54) is 7.11 Å². The van der Waals surface area contributed by atoms with Crippen molar-refractivity contribution in [3.63, 3.8) is 0 Å². The molecule has 0 radical (unpaired) electrons. The summed E-state index contributed by atoms with van der Waals surface area (Å²) >= 11 is 1.06. The Labute approximate surface area is 173 Å². The summed E-state index contributed by atoms with van der Waals surface area (Å²) in [5.74, 6) is -0.507. The Morgan fingerprint density at radius 1 is 1.28 bits per heavy atom. The number of amides is 2. The van der Waals surface area contributed by atoms with Crippen LogP contribution in [-0.4, -0.2) is 31.8 Å². The summed E-state index contributed by atoms with van der Waals surface area (Å²) in [6, 6.07) is 9.36. The van der Waals surface area contributed by atoms with E-state index in [0.717, 1.165) is 17.3 Å². The molecule has 0 saturated heterocycles. The van der Waals surface area contributed by atoms with Crippen LogP contribution in [0.15, 0.2) is 28.8 Å². The second-order valence-corrected chi connectivity index (χ2v) is 7.83. The molecule has 0 bridgehead atoms. The quantitative estimate of drug-likeness (QED) is 0.700. The van der Waals surface area contributed by atoms with Gasteiger partial charge < -0.3 is 20.1 Å². The highest BCUT2D eigenvalue weighted by Crippen LogP contribution is 2.41. The molecule has 0 spiro atoms. The van der Waals surface area contributed by atoms with E-state index in [-0.39, 0.29) is 18.2 Å². The van der Waals surface area contributed by atoms with Gasteiger partial charge in [0.1, 0.15) is 5.92 Å². The number of allylic oxidation sites excluding steroid dienone is 1. The van der Waals surface area contributed by atoms with Crippen molar-refractivity contribution in [2.75, 3.05) is 20.0 Å². The van der Waals surface area contributed by atoms with Gasteiger partial charge in [-0.3, -0.25) is 9.59 Å². The van der Waals surface area contributed by atoms with Crippen LogP contribution in [-0.2, 0) is 16.1 Å². The molecule has 2 rings (SSSR count). The summed E-state index contributed by atoms with van der Waals surface area (Å²) in [5.41, 5.74) is 0.202. The summed E-state index contributed by atoms with van der Waals surface area (Å²) in [6.07, 6.45) is 0. The Kier molecular flexibility index (Phi) is 7.13. The lowest BCUT2D eigenvalue weighted by Crippen LogP contribution is -2.44. The molecule has 0 saturated carbocycles. The maximum Gasteiger partial charge on any atom is 0.243 e. The topological polar surface area (TPSA) is 124 Å². The van der Waals surface area contributed by atoms with Crippen LogP contribution in [0, 0.1) is 34.0 Å². The van der Waals surface area contributed by atoms with Gasteiger partial charge in [0.15, 0.2) is 11.5 Å². The molecule has 1 heterocycles. The number of nitriles is 2. The highest BCUT2D eigenvalue weighted by Gasteiger charge is 2.44. The largest absolute Gasteiger partial charge is 0.493 e. The van der Waals surface area contributed by atoms with Crippen molar-refractivity contribution in [3.8, 4) is 23.6 Å². The summed E-state index contributed by atoms with van der Waals surface area (Å²) in [5, 5.41) is 24.4. The minimum atomic E-state index is -0.958. The number of nitrogens with one attached hydrogen (secondary N) is 2. The zero-order valence-electron chi connectivity index (χ0n) is 16.7. The Balaban J connectivity index is 2.02. The number of carbonyl (C=O) groups is 2. The molecule has 0 fully saturated rings. The predicted octanol–water partition coefficient (Wildman–Crippen LogP) is 2.08. The molecule has 2 N–H and O–H groups in total. The highest BCUT2D eigenvalue weighted by molar-refractivity contribution is 8.03. The van der Waals surface area contributed by atoms with E-state index in [9.17, 15) is 20.1 Å². The van der Waals surface area contributed by atoms with Gasteiger partial charge in [-0.2, -0.15) is 10.5 Å². The number of hydrogen-bond donors (Lipinski definition) is 2. The van der Waals surface area contributed by atoms with Gasteiger partial charge in [0.25, 0.3) is 0 Å². The fourth-order valence-electron chi connectivity index (χ4n) is 2.91. The molecule has 8 nitrogen and oxygen atoms in total. The van der Waals surface area contributed by atoms with Crippen LogP contribution in [0.4, 0.5) is 0 Å². The van der Waals surface area contributed by atoms with Crippen LogP contribution in [0.3, 0.4) is 0 Å². The Bertz CT molecular complexity index is 927. The van der Waals surface area contributed by atoms with E-state index in [2.05, 4.69) is 16.7 Å². The summed E-state index contributed by atoms with van der Waals surface area (Å²) in [6.45, 7) is 3.64. The fraction of sp³-hybridized carbons (Fsp3) is 0.400. The van der Waals surface area contributed by atoms with E-state index >= 15 is 0 Å². The first kappa shape index (κ1) is 22.1. The molecular formula is C20H22N4O4S. The number of hydrogen-bond acceptors (Lipinski definition) is 7. The third-order valence-corrected chi connectivity index (χ3v) is 5.62. The van der Waals surface area contributed by atoms with Crippen LogP contribution in [0.1, 0.15) is 19.4 Å². The van der Waals surface area contributed by atoms with E-state index in [0.29, 0.717) is 22.1 Å². The van der Waals surface area contributed by atoms with Gasteiger partial charge in [-0.25, -0.2) is 0 Å². The van der Waals surface area contributed by atoms with Crippen molar-refractivity contribution in [1.82, 2.24) is 10.6 Å². The second kappa shape index (κ2) is 9.35. The SMILES string of the molecule is COc1ccc(CNC(=O)CSC2=C(C#N)C(C)(C)[C@H](C#N)C(=O)N2)cc1OC. The molecule has 1 aliphatic rings. The zero-order valence-corrected chi connectivity index (χ0v) is 17.5. The average Bonchev–Trinajstić information content (AvgIpc) is 2.69. The van der Waals surface area contributed by atoms with Crippen molar-refractivity contribution in [2.45, 2.75) is 20.4 Å². The number of carbonyl (C=O) groups excluding carboxylic acids is 2. The lowest BCUT2D eigenvalue weighted by atomic mass is 9.72. The van der Waals surface area contributed by atoms with E-state index in [1.807, 2.05) is 12.1 Å². The molecule has 1 aromatic rings. The number of nitrogens with zero attached hydrogens (tertiary/aromatic N) is 2. The van der Waals surface area contributed by atoms with Gasteiger partial charge in [0.2, 0.25) is 11.8 Å². The molecule has 29 heavy (non-hydrogen) atoms. The van der Waals surface area contributed by atoms with Gasteiger partial charge in [-0.05, 0) is 17.7 Å². The van der Waals surface area contributed by atoms with Crippen molar-refractivity contribution in [3.05, 3.63) is 34.4 Å². The third kappa shape index (κ3) is 4.82. The molecule has 1 aromatic carbocycles. The van der Waals surface area contributed by atoms with Crippen LogP contribution >= 0.6 is 11.8 Å². The minimum absolute atomic E-state index is 0.0153. The van der Waals surface area contributed by atoms with Crippen LogP contribution < -0.4 is 20.1 Å². The summed E-state index contributed by atoms with van der Waals surface area (Å²) in [4.78, 5) is 24.4. The fourth-order valence-corrected chi connectivity index (χ4v) is 3.92. The predicted molar refractivity (Wildman–Crippen MR) is 108 cm³/mol. The minimum Gasteiger partial charge on any atom is -0.493 e. The van der Waals surface area contributed by atoms with Gasteiger partial charge in [0.05, 0.1) is 42.7 Å². The molecule has 152 valence electrons. The number of benzene rings is 1. The average molecular weight is 414 g/mol. The van der Waals surface area contributed by atoms with Gasteiger partial charge in [0, 0.05) is 12.0 Å². The second-order valence-electron chi connectivity index (χ2n) is 6.84. The third-order valence-electron chi connectivity index (χ3n) is 4.62. The van der Waals surface area contributed by atoms with Crippen LogP contribution in [0.5, 0.6) is 11.5 Å². The molecule has 1 atom stereocenters. The molecule has 1 aliphatic heterocycles. The number of methoxy groups -OCH3 is 2. The molecular weight excluding hydrogens is 392 g/mol. The lowest BCUT2D eigenvalue weighted by molar-refractivity contribution is -0.125. The lowest BCUT2D eigenvalue weighted by Gasteiger charge is -2.34. The Hall–Kier alpha value is -3.17. The Morgan fingerprint density at radius 3 is 2.55 bits per heavy atom. The van der Waals surface area contributed by atoms with Crippen molar-refractivity contribution >= 4 is 23.6 Å². The summed E-state index contributed by atoms with van der Waals surface area (Å²) < 4.78 is 10.4. The number of thioether (sulfide) groups is 1. The van der Waals surface area contributed by atoms with Crippen LogP contribution in [0.2, 0.25) is 0 Å². The maximum atomic E-state index is 12.2. The van der Waals surface area contributed by atoms with Gasteiger partial charge >= 0.3 is 0 Å². The highest BCUT2D eigenvalue weighted by atomic mass is 32.2. The molecule has 0 unspecified atom stereocenters. The van der Waals surface area contributed by atoms with Gasteiger partial charge in [-0.1, -0.05) is 31.7 Å². The Morgan fingerprint density at radius 2 is 1.97 bits per heavy atom. The normalized spacial score (nSPS) is 17.6. The summed E-state index contributed by atoms with van der Waals surface area (Å²) in [7, 11) is 3.08. The first-order valence-electron chi connectivity index (χ1n) is 8.74. The van der Waals surface area contributed by atoms with E-state index < -0.39 is 17.2 Å². The first-order chi connectivity index (χ1) is 13.8. The number of rotatable bonds is 7. The van der Waals surface area contributed by atoms with Gasteiger partial charge in [-0.15, -0.1) is 0 Å². The monoisotopic (exact) mass is 414 g/mol. The maximum absolute atomic E-state index is 12.2. The standard InChI is InChI=1S/C20H22N4O4S/c1-20(2)13(8-21)18(26)24-19(14(20)9-22)29-11-17(25)23-10-12-5-6-15(27-3)16(7-12)28-4/h5-7,13H,10-11H2,1-4H3,(H,23,25)(H,24,26)/t13-/m1/s1. The van der Waals surface area contributed by atoms with E-state index in [4.69, 9.17) is 9.47 Å². The van der Waals surface area contributed by atoms with Crippen molar-refractivity contribution in [2.24, 2.45) is 11.3 Å². The molecule has 2 amide bonds. The molecule has 9 heteroatoms.